The lowest BCUT2D eigenvalue weighted by molar-refractivity contribution is -0.384. The van der Waals surface area contributed by atoms with Crippen molar-refractivity contribution in [1.29, 1.82) is 0 Å². The van der Waals surface area contributed by atoms with Crippen LogP contribution < -0.4 is 5.32 Å². The number of nitro benzene ring substituents is 1. The second kappa shape index (κ2) is 6.98. The van der Waals surface area contributed by atoms with Crippen molar-refractivity contribution in [3.8, 4) is 0 Å². The largest absolute Gasteiger partial charge is 0.481 e. The van der Waals surface area contributed by atoms with E-state index in [9.17, 15) is 19.7 Å². The molecule has 0 bridgehead atoms. The third-order valence-electron chi connectivity index (χ3n) is 4.68. The maximum Gasteiger partial charge on any atom is 0.306 e. The Morgan fingerprint density at radius 1 is 1.12 bits per heavy atom. The Kier molecular flexibility index (Phi) is 5.21. The molecular formula is C17H22N2O5. The maximum absolute atomic E-state index is 12.5. The molecule has 1 aliphatic carbocycles. The summed E-state index contributed by atoms with van der Waals surface area (Å²) >= 11 is 0. The Morgan fingerprint density at radius 3 is 2.08 bits per heavy atom. The summed E-state index contributed by atoms with van der Waals surface area (Å²) in [5.74, 6) is -1.42. The first-order chi connectivity index (χ1) is 11.2. The lowest BCUT2D eigenvalue weighted by Crippen LogP contribution is -2.45. The number of aliphatic carboxylic acids is 1. The molecule has 7 nitrogen and oxygen atoms in total. The van der Waals surface area contributed by atoms with Gasteiger partial charge >= 0.3 is 5.97 Å². The second-order valence-electron chi connectivity index (χ2n) is 6.81. The molecule has 1 aliphatic rings. The van der Waals surface area contributed by atoms with E-state index in [0.29, 0.717) is 25.7 Å². The highest BCUT2D eigenvalue weighted by atomic mass is 16.6. The standard InChI is InChI=1S/C17H22N2O5/c1-17(2,13-7-9-14(10-8-13)19(23)24)18-15(20)11-3-5-12(6-4-11)16(21)22/h7-12H,3-6H2,1-2H3,(H,18,20)(H,21,22). The molecule has 24 heavy (non-hydrogen) atoms. The van der Waals surface area contributed by atoms with Gasteiger partial charge in [-0.15, -0.1) is 0 Å². The molecule has 1 aromatic carbocycles. The van der Waals surface area contributed by atoms with Gasteiger partial charge in [0, 0.05) is 18.1 Å². The van der Waals surface area contributed by atoms with Crippen molar-refractivity contribution < 1.29 is 19.6 Å². The SMILES string of the molecule is CC(C)(NC(=O)C1CCC(C(=O)O)CC1)c1ccc([N+](=O)[O-])cc1. The van der Waals surface area contributed by atoms with E-state index in [-0.39, 0.29) is 23.4 Å². The van der Waals surface area contributed by atoms with Gasteiger partial charge in [0.05, 0.1) is 16.4 Å². The molecule has 1 aromatic rings. The van der Waals surface area contributed by atoms with Crippen LogP contribution in [0.1, 0.15) is 45.1 Å². The first kappa shape index (κ1) is 17.9. The summed E-state index contributed by atoms with van der Waals surface area (Å²) in [5.41, 5.74) is 0.129. The van der Waals surface area contributed by atoms with Crippen LogP contribution in [0.5, 0.6) is 0 Å². The number of carboxylic acids is 1. The molecule has 2 N–H and O–H groups in total. The van der Waals surface area contributed by atoms with E-state index in [4.69, 9.17) is 5.11 Å². The number of hydrogen-bond acceptors (Lipinski definition) is 4. The number of nitro groups is 1. The van der Waals surface area contributed by atoms with Gasteiger partial charge in [0.25, 0.3) is 5.69 Å². The molecule has 0 heterocycles. The maximum atomic E-state index is 12.5. The number of nitrogens with zero attached hydrogens (tertiary/aromatic N) is 1. The van der Waals surface area contributed by atoms with E-state index in [1.807, 2.05) is 13.8 Å². The minimum absolute atomic E-state index is 0.00729. The minimum Gasteiger partial charge on any atom is -0.481 e. The number of carbonyl (C=O) groups excluding carboxylic acids is 1. The summed E-state index contributed by atoms with van der Waals surface area (Å²) in [5, 5.41) is 22.7. The number of hydrogen-bond donors (Lipinski definition) is 2. The zero-order valence-electron chi connectivity index (χ0n) is 13.8. The first-order valence-corrected chi connectivity index (χ1v) is 8.00. The first-order valence-electron chi connectivity index (χ1n) is 8.00. The molecule has 0 atom stereocenters. The van der Waals surface area contributed by atoms with E-state index in [1.165, 1.54) is 12.1 Å². The Hall–Kier alpha value is -2.44. The normalized spacial score (nSPS) is 21.1. The molecule has 130 valence electrons. The van der Waals surface area contributed by atoms with Gasteiger partial charge in [-0.2, -0.15) is 0 Å². The molecule has 1 saturated carbocycles. The van der Waals surface area contributed by atoms with Gasteiger partial charge in [0.1, 0.15) is 0 Å². The van der Waals surface area contributed by atoms with E-state index >= 15 is 0 Å². The van der Waals surface area contributed by atoms with Gasteiger partial charge in [-0.1, -0.05) is 0 Å². The molecule has 0 unspecified atom stereocenters. The highest BCUT2D eigenvalue weighted by Crippen LogP contribution is 2.30. The Balaban J connectivity index is 1.99. The van der Waals surface area contributed by atoms with Crippen LogP contribution in [0.3, 0.4) is 0 Å². The van der Waals surface area contributed by atoms with Gasteiger partial charge in [-0.3, -0.25) is 19.7 Å². The monoisotopic (exact) mass is 334 g/mol. The van der Waals surface area contributed by atoms with E-state index in [0.717, 1.165) is 5.56 Å². The zero-order chi connectivity index (χ0) is 17.9. The van der Waals surface area contributed by atoms with Gasteiger partial charge in [-0.05, 0) is 57.2 Å². The molecular weight excluding hydrogens is 312 g/mol. The molecule has 0 spiro atoms. The van der Waals surface area contributed by atoms with Crippen molar-refractivity contribution in [3.63, 3.8) is 0 Å². The van der Waals surface area contributed by atoms with Crippen LogP contribution in [0, 0.1) is 22.0 Å². The highest BCUT2D eigenvalue weighted by Gasteiger charge is 2.32. The van der Waals surface area contributed by atoms with Crippen LogP contribution in [0.15, 0.2) is 24.3 Å². The highest BCUT2D eigenvalue weighted by molar-refractivity contribution is 5.80. The summed E-state index contributed by atoms with van der Waals surface area (Å²) in [6, 6.07) is 6.11. The average Bonchev–Trinajstić information content (AvgIpc) is 2.54. The average molecular weight is 334 g/mol. The van der Waals surface area contributed by atoms with E-state index in [2.05, 4.69) is 5.32 Å². The van der Waals surface area contributed by atoms with Crippen molar-refractivity contribution >= 4 is 17.6 Å². The van der Waals surface area contributed by atoms with Crippen LogP contribution in [-0.4, -0.2) is 21.9 Å². The minimum atomic E-state index is -0.792. The van der Waals surface area contributed by atoms with Crippen molar-refractivity contribution in [3.05, 3.63) is 39.9 Å². The van der Waals surface area contributed by atoms with Crippen molar-refractivity contribution in [1.82, 2.24) is 5.32 Å². The van der Waals surface area contributed by atoms with Crippen molar-refractivity contribution in [2.75, 3.05) is 0 Å². The number of non-ortho nitro benzene ring substituents is 1. The number of amides is 1. The number of carbonyl (C=O) groups is 2. The predicted molar refractivity (Wildman–Crippen MR) is 87.3 cm³/mol. The number of benzene rings is 1. The second-order valence-corrected chi connectivity index (χ2v) is 6.81. The van der Waals surface area contributed by atoms with Gasteiger partial charge in [-0.25, -0.2) is 0 Å². The Labute approximate surface area is 140 Å². The molecule has 1 amide bonds. The predicted octanol–water partition coefficient (Wildman–Crippen LogP) is 2.84. The Morgan fingerprint density at radius 2 is 1.62 bits per heavy atom. The quantitative estimate of drug-likeness (QED) is 0.635. The third-order valence-corrected chi connectivity index (χ3v) is 4.68. The number of rotatable bonds is 5. The van der Waals surface area contributed by atoms with E-state index in [1.54, 1.807) is 12.1 Å². The number of nitrogens with one attached hydrogen (secondary N) is 1. The molecule has 0 aliphatic heterocycles. The van der Waals surface area contributed by atoms with Crippen LogP contribution in [0.2, 0.25) is 0 Å². The molecule has 2 rings (SSSR count). The van der Waals surface area contributed by atoms with E-state index < -0.39 is 16.4 Å². The van der Waals surface area contributed by atoms with Crippen LogP contribution in [-0.2, 0) is 15.1 Å². The summed E-state index contributed by atoms with van der Waals surface area (Å²) in [7, 11) is 0. The lowest BCUT2D eigenvalue weighted by atomic mass is 9.81. The molecule has 1 fully saturated rings. The fourth-order valence-corrected chi connectivity index (χ4v) is 3.08. The van der Waals surface area contributed by atoms with Gasteiger partial charge in [0.15, 0.2) is 0 Å². The number of carboxylic acid groups (broad SMARTS) is 1. The fraction of sp³-hybridized carbons (Fsp3) is 0.529. The lowest BCUT2D eigenvalue weighted by Gasteiger charge is -2.31. The van der Waals surface area contributed by atoms with Crippen molar-refractivity contribution in [2.45, 2.75) is 45.1 Å². The molecule has 0 saturated heterocycles. The van der Waals surface area contributed by atoms with Gasteiger partial charge in [0.2, 0.25) is 5.91 Å². The summed E-state index contributed by atoms with van der Waals surface area (Å²) < 4.78 is 0. The van der Waals surface area contributed by atoms with Crippen molar-refractivity contribution in [2.24, 2.45) is 11.8 Å². The van der Waals surface area contributed by atoms with Crippen LogP contribution >= 0.6 is 0 Å². The molecule has 0 radical (unpaired) electrons. The Bertz CT molecular complexity index is 631. The van der Waals surface area contributed by atoms with Crippen LogP contribution in [0.4, 0.5) is 5.69 Å². The molecule has 0 aromatic heterocycles. The summed E-state index contributed by atoms with van der Waals surface area (Å²) in [6.45, 7) is 3.68. The summed E-state index contributed by atoms with van der Waals surface area (Å²) in [4.78, 5) is 33.7. The fourth-order valence-electron chi connectivity index (χ4n) is 3.08. The van der Waals surface area contributed by atoms with Crippen LogP contribution in [0.25, 0.3) is 0 Å². The van der Waals surface area contributed by atoms with Gasteiger partial charge < -0.3 is 10.4 Å². The smallest absolute Gasteiger partial charge is 0.306 e. The molecule has 7 heteroatoms. The third kappa shape index (κ3) is 4.10. The zero-order valence-corrected chi connectivity index (χ0v) is 13.8. The summed E-state index contributed by atoms with van der Waals surface area (Å²) in [6.07, 6.45) is 2.18. The topological polar surface area (TPSA) is 110 Å².